The van der Waals surface area contributed by atoms with Crippen molar-refractivity contribution in [3.05, 3.63) is 0 Å². The SMILES string of the molecule is CN(C)[C@@H]1CN[C@@H](CO)C1.Cl.Cl. The van der Waals surface area contributed by atoms with Gasteiger partial charge in [-0.3, -0.25) is 0 Å². The minimum absolute atomic E-state index is 0. The van der Waals surface area contributed by atoms with Crippen LogP contribution >= 0.6 is 24.8 Å². The van der Waals surface area contributed by atoms with E-state index in [2.05, 4.69) is 24.3 Å². The summed E-state index contributed by atoms with van der Waals surface area (Å²) in [6, 6.07) is 0.935. The Bertz CT molecular complexity index is 114. The van der Waals surface area contributed by atoms with Gasteiger partial charge >= 0.3 is 0 Å². The standard InChI is InChI=1S/C7H16N2O.2ClH/c1-9(2)7-3-6(5-10)8-4-7;;/h6-8,10H,3-5H2,1-2H3;2*1H/t6-,7+;;/m1../s1. The predicted octanol–water partition coefficient (Wildman–Crippen LogP) is 0.114. The molecule has 76 valence electrons. The average molecular weight is 217 g/mol. The molecule has 0 radical (unpaired) electrons. The largest absolute Gasteiger partial charge is 0.395 e. The van der Waals surface area contributed by atoms with Crippen molar-refractivity contribution >= 4 is 24.8 Å². The molecule has 12 heavy (non-hydrogen) atoms. The first-order valence-corrected chi connectivity index (χ1v) is 3.74. The lowest BCUT2D eigenvalue weighted by Crippen LogP contribution is -2.29. The highest BCUT2D eigenvalue weighted by Gasteiger charge is 2.24. The molecule has 1 aliphatic rings. The summed E-state index contributed by atoms with van der Waals surface area (Å²) in [6.07, 6.45) is 1.07. The summed E-state index contributed by atoms with van der Waals surface area (Å²) in [5.41, 5.74) is 0. The second kappa shape index (κ2) is 6.92. The number of aliphatic hydroxyl groups is 1. The average Bonchev–Trinajstić information content (AvgIpc) is 2.34. The molecule has 0 saturated carbocycles. The van der Waals surface area contributed by atoms with E-state index < -0.39 is 0 Å². The minimum atomic E-state index is 0. The number of halogens is 2. The summed E-state index contributed by atoms with van der Waals surface area (Å²) in [5.74, 6) is 0. The van der Waals surface area contributed by atoms with Crippen molar-refractivity contribution in [2.24, 2.45) is 0 Å². The first-order valence-electron chi connectivity index (χ1n) is 3.74. The van der Waals surface area contributed by atoms with Crippen LogP contribution in [0.1, 0.15) is 6.42 Å². The van der Waals surface area contributed by atoms with Gasteiger partial charge in [0.2, 0.25) is 0 Å². The summed E-state index contributed by atoms with van der Waals surface area (Å²) in [4.78, 5) is 2.20. The van der Waals surface area contributed by atoms with E-state index in [4.69, 9.17) is 5.11 Å². The Morgan fingerprint density at radius 2 is 2.00 bits per heavy atom. The van der Waals surface area contributed by atoms with Crippen LogP contribution in [0.3, 0.4) is 0 Å². The van der Waals surface area contributed by atoms with Gasteiger partial charge in [0.15, 0.2) is 0 Å². The number of likely N-dealkylation sites (N-methyl/N-ethyl adjacent to an activating group) is 1. The number of nitrogens with zero attached hydrogens (tertiary/aromatic N) is 1. The zero-order valence-electron chi connectivity index (χ0n) is 7.49. The van der Waals surface area contributed by atoms with Gasteiger partial charge in [0.05, 0.1) is 6.61 Å². The van der Waals surface area contributed by atoms with Crippen molar-refractivity contribution in [2.75, 3.05) is 27.2 Å². The van der Waals surface area contributed by atoms with Gasteiger partial charge in [0, 0.05) is 18.6 Å². The molecular formula is C7H18Cl2N2O. The van der Waals surface area contributed by atoms with Gasteiger partial charge < -0.3 is 15.3 Å². The lowest BCUT2D eigenvalue weighted by molar-refractivity contribution is 0.245. The van der Waals surface area contributed by atoms with Gasteiger partial charge in [-0.2, -0.15) is 0 Å². The molecular weight excluding hydrogens is 199 g/mol. The van der Waals surface area contributed by atoms with Crippen molar-refractivity contribution in [3.63, 3.8) is 0 Å². The highest BCUT2D eigenvalue weighted by atomic mass is 35.5. The van der Waals surface area contributed by atoms with Crippen LogP contribution in [0.2, 0.25) is 0 Å². The lowest BCUT2D eigenvalue weighted by atomic mass is 10.2. The van der Waals surface area contributed by atoms with Gasteiger partial charge in [0.25, 0.3) is 0 Å². The number of aliphatic hydroxyl groups excluding tert-OH is 1. The first-order chi connectivity index (χ1) is 4.74. The number of rotatable bonds is 2. The molecule has 1 rings (SSSR count). The molecule has 1 fully saturated rings. The molecule has 3 nitrogen and oxygen atoms in total. The van der Waals surface area contributed by atoms with Crippen molar-refractivity contribution in [2.45, 2.75) is 18.5 Å². The van der Waals surface area contributed by atoms with Crippen LogP contribution in [0, 0.1) is 0 Å². The third-order valence-electron chi connectivity index (χ3n) is 2.15. The van der Waals surface area contributed by atoms with E-state index in [1.807, 2.05) is 0 Å². The van der Waals surface area contributed by atoms with Crippen LogP contribution in [0.15, 0.2) is 0 Å². The zero-order chi connectivity index (χ0) is 7.56. The van der Waals surface area contributed by atoms with Crippen molar-refractivity contribution in [3.8, 4) is 0 Å². The van der Waals surface area contributed by atoms with E-state index in [1.54, 1.807) is 0 Å². The number of hydrogen-bond donors (Lipinski definition) is 2. The molecule has 5 heteroatoms. The third-order valence-corrected chi connectivity index (χ3v) is 2.15. The first kappa shape index (κ1) is 15.0. The van der Waals surface area contributed by atoms with Crippen molar-refractivity contribution < 1.29 is 5.11 Å². The molecule has 1 heterocycles. The van der Waals surface area contributed by atoms with Crippen molar-refractivity contribution in [1.29, 1.82) is 0 Å². The summed E-state index contributed by atoms with van der Waals surface area (Å²) in [6.45, 7) is 1.28. The third kappa shape index (κ3) is 3.92. The van der Waals surface area contributed by atoms with Gasteiger partial charge in [0.1, 0.15) is 0 Å². The Labute approximate surface area is 86.3 Å². The fourth-order valence-corrected chi connectivity index (χ4v) is 1.33. The van der Waals surface area contributed by atoms with Gasteiger partial charge in [-0.15, -0.1) is 24.8 Å². The van der Waals surface area contributed by atoms with E-state index in [1.165, 1.54) is 0 Å². The molecule has 0 bridgehead atoms. The number of hydrogen-bond acceptors (Lipinski definition) is 3. The maximum atomic E-state index is 8.78. The second-order valence-corrected chi connectivity index (χ2v) is 3.14. The van der Waals surface area contributed by atoms with E-state index in [0.29, 0.717) is 12.1 Å². The van der Waals surface area contributed by atoms with Gasteiger partial charge in [-0.25, -0.2) is 0 Å². The molecule has 0 aromatic heterocycles. The van der Waals surface area contributed by atoms with Crippen molar-refractivity contribution in [1.82, 2.24) is 10.2 Å². The molecule has 0 aromatic carbocycles. The topological polar surface area (TPSA) is 35.5 Å². The van der Waals surface area contributed by atoms with E-state index in [0.717, 1.165) is 13.0 Å². The molecule has 0 spiro atoms. The minimum Gasteiger partial charge on any atom is -0.395 e. The fourth-order valence-electron chi connectivity index (χ4n) is 1.33. The molecule has 0 aromatic rings. The van der Waals surface area contributed by atoms with Crippen LogP contribution in [0.25, 0.3) is 0 Å². The molecule has 0 amide bonds. The second-order valence-electron chi connectivity index (χ2n) is 3.14. The quantitative estimate of drug-likeness (QED) is 0.689. The molecule has 0 unspecified atom stereocenters. The Morgan fingerprint density at radius 3 is 2.25 bits per heavy atom. The van der Waals surface area contributed by atoms with Crippen LogP contribution in [-0.4, -0.2) is 49.3 Å². The zero-order valence-corrected chi connectivity index (χ0v) is 9.12. The Balaban J connectivity index is 0. The summed E-state index contributed by atoms with van der Waals surface area (Å²) in [7, 11) is 4.15. The highest BCUT2D eigenvalue weighted by Crippen LogP contribution is 2.09. The van der Waals surface area contributed by atoms with Crippen LogP contribution in [0.4, 0.5) is 0 Å². The monoisotopic (exact) mass is 216 g/mol. The summed E-state index contributed by atoms with van der Waals surface area (Å²) >= 11 is 0. The maximum Gasteiger partial charge on any atom is 0.0585 e. The summed E-state index contributed by atoms with van der Waals surface area (Å²) in [5, 5.41) is 12.0. The summed E-state index contributed by atoms with van der Waals surface area (Å²) < 4.78 is 0. The molecule has 1 saturated heterocycles. The van der Waals surface area contributed by atoms with E-state index >= 15 is 0 Å². The van der Waals surface area contributed by atoms with Gasteiger partial charge in [-0.1, -0.05) is 0 Å². The normalized spacial score (nSPS) is 28.0. The van der Waals surface area contributed by atoms with Gasteiger partial charge in [-0.05, 0) is 20.5 Å². The van der Waals surface area contributed by atoms with E-state index in [9.17, 15) is 0 Å². The Kier molecular flexibility index (Phi) is 8.63. The maximum absolute atomic E-state index is 8.78. The smallest absolute Gasteiger partial charge is 0.0585 e. The molecule has 2 atom stereocenters. The Morgan fingerprint density at radius 1 is 1.42 bits per heavy atom. The lowest BCUT2D eigenvalue weighted by Gasteiger charge is -2.17. The molecule has 1 aliphatic heterocycles. The van der Waals surface area contributed by atoms with E-state index in [-0.39, 0.29) is 31.4 Å². The number of nitrogens with one attached hydrogen (secondary N) is 1. The highest BCUT2D eigenvalue weighted by molar-refractivity contribution is 5.85. The fraction of sp³-hybridized carbons (Fsp3) is 1.00. The van der Waals surface area contributed by atoms with Crippen LogP contribution in [0.5, 0.6) is 0 Å². The van der Waals surface area contributed by atoms with Crippen LogP contribution < -0.4 is 5.32 Å². The molecule has 0 aliphatic carbocycles. The predicted molar refractivity (Wildman–Crippen MR) is 55.5 cm³/mol. The van der Waals surface area contributed by atoms with Crippen LogP contribution in [-0.2, 0) is 0 Å². The Hall–Kier alpha value is 0.460. The molecule has 2 N–H and O–H groups in total.